The fourth-order valence-electron chi connectivity index (χ4n) is 3.39. The SMILES string of the molecule is Cc1nn(Cc2ccccc2)c(C)c1NC(=S)Nc1ccn(Cc2cccc(F)c2)n1. The molecular formula is C23H23FN6S. The maximum Gasteiger partial charge on any atom is 0.176 e. The molecule has 0 aliphatic heterocycles. The van der Waals surface area contributed by atoms with Crippen LogP contribution in [0.2, 0.25) is 0 Å². The second-order valence-electron chi connectivity index (χ2n) is 7.30. The Labute approximate surface area is 185 Å². The summed E-state index contributed by atoms with van der Waals surface area (Å²) in [5.41, 5.74) is 4.78. The van der Waals surface area contributed by atoms with Crippen LogP contribution < -0.4 is 10.6 Å². The van der Waals surface area contributed by atoms with E-state index in [0.717, 1.165) is 22.6 Å². The lowest BCUT2D eigenvalue weighted by atomic mass is 10.2. The highest BCUT2D eigenvalue weighted by molar-refractivity contribution is 7.80. The molecule has 0 spiro atoms. The first-order valence-corrected chi connectivity index (χ1v) is 10.3. The van der Waals surface area contributed by atoms with Crippen molar-refractivity contribution in [1.82, 2.24) is 19.6 Å². The monoisotopic (exact) mass is 434 g/mol. The van der Waals surface area contributed by atoms with Crippen molar-refractivity contribution in [2.75, 3.05) is 10.6 Å². The van der Waals surface area contributed by atoms with Crippen molar-refractivity contribution in [3.8, 4) is 0 Å². The molecule has 2 aromatic heterocycles. The van der Waals surface area contributed by atoms with E-state index in [1.807, 2.05) is 55.1 Å². The predicted molar refractivity (Wildman–Crippen MR) is 125 cm³/mol. The van der Waals surface area contributed by atoms with Crippen molar-refractivity contribution in [3.63, 3.8) is 0 Å². The average Bonchev–Trinajstić information content (AvgIpc) is 3.28. The number of nitrogens with zero attached hydrogens (tertiary/aromatic N) is 4. The van der Waals surface area contributed by atoms with Gasteiger partial charge in [0.2, 0.25) is 0 Å². The summed E-state index contributed by atoms with van der Waals surface area (Å²) in [4.78, 5) is 0. The van der Waals surface area contributed by atoms with Crippen molar-refractivity contribution in [2.45, 2.75) is 26.9 Å². The molecule has 2 N–H and O–H groups in total. The van der Waals surface area contributed by atoms with Crippen LogP contribution in [-0.4, -0.2) is 24.7 Å². The summed E-state index contributed by atoms with van der Waals surface area (Å²) < 4.78 is 17.1. The maximum absolute atomic E-state index is 13.4. The molecule has 158 valence electrons. The van der Waals surface area contributed by atoms with Gasteiger partial charge < -0.3 is 10.6 Å². The Balaban J connectivity index is 1.39. The normalized spacial score (nSPS) is 10.8. The van der Waals surface area contributed by atoms with Crippen molar-refractivity contribution >= 4 is 28.8 Å². The Morgan fingerprint density at radius 2 is 1.71 bits per heavy atom. The molecule has 0 aliphatic carbocycles. The molecule has 6 nitrogen and oxygen atoms in total. The van der Waals surface area contributed by atoms with Gasteiger partial charge in [-0.3, -0.25) is 9.36 Å². The number of thiocarbonyl (C=S) groups is 1. The number of rotatable bonds is 6. The summed E-state index contributed by atoms with van der Waals surface area (Å²) in [5, 5.41) is 15.9. The lowest BCUT2D eigenvalue weighted by Gasteiger charge is -2.10. The molecule has 0 saturated heterocycles. The van der Waals surface area contributed by atoms with Crippen LogP contribution in [0.15, 0.2) is 66.9 Å². The predicted octanol–water partition coefficient (Wildman–Crippen LogP) is 4.74. The molecule has 0 atom stereocenters. The molecule has 0 bridgehead atoms. The van der Waals surface area contributed by atoms with Gasteiger partial charge in [0.05, 0.1) is 30.2 Å². The number of benzene rings is 2. The highest BCUT2D eigenvalue weighted by Gasteiger charge is 2.13. The van der Waals surface area contributed by atoms with E-state index < -0.39 is 0 Å². The van der Waals surface area contributed by atoms with E-state index in [0.29, 0.717) is 24.0 Å². The second-order valence-corrected chi connectivity index (χ2v) is 7.70. The van der Waals surface area contributed by atoms with Crippen LogP contribution in [0.3, 0.4) is 0 Å². The van der Waals surface area contributed by atoms with Crippen LogP contribution in [-0.2, 0) is 13.1 Å². The summed E-state index contributed by atoms with van der Waals surface area (Å²) >= 11 is 5.47. The van der Waals surface area contributed by atoms with Crippen LogP contribution in [0.4, 0.5) is 15.9 Å². The van der Waals surface area contributed by atoms with E-state index in [1.165, 1.54) is 17.7 Å². The van der Waals surface area contributed by atoms with Gasteiger partial charge in [0.15, 0.2) is 10.9 Å². The van der Waals surface area contributed by atoms with Gasteiger partial charge in [-0.2, -0.15) is 10.2 Å². The van der Waals surface area contributed by atoms with Crippen LogP contribution in [0.25, 0.3) is 0 Å². The van der Waals surface area contributed by atoms with Gasteiger partial charge in [-0.15, -0.1) is 0 Å². The van der Waals surface area contributed by atoms with Crippen LogP contribution >= 0.6 is 12.2 Å². The minimum Gasteiger partial charge on any atom is -0.329 e. The van der Waals surface area contributed by atoms with Crippen molar-refractivity contribution in [3.05, 3.63) is 95.2 Å². The first-order valence-electron chi connectivity index (χ1n) is 9.92. The Morgan fingerprint density at radius 3 is 2.48 bits per heavy atom. The highest BCUT2D eigenvalue weighted by atomic mass is 32.1. The molecule has 2 aromatic carbocycles. The number of halogens is 1. The number of anilines is 2. The van der Waals surface area contributed by atoms with Gasteiger partial charge in [0.25, 0.3) is 0 Å². The zero-order chi connectivity index (χ0) is 21.8. The Bertz CT molecular complexity index is 1200. The summed E-state index contributed by atoms with van der Waals surface area (Å²) in [6.45, 7) is 5.14. The molecule has 0 fully saturated rings. The van der Waals surface area contributed by atoms with E-state index in [2.05, 4.69) is 33.0 Å². The third kappa shape index (κ3) is 5.16. The summed E-state index contributed by atoms with van der Waals surface area (Å²) in [7, 11) is 0. The van der Waals surface area contributed by atoms with Crippen molar-refractivity contribution in [2.24, 2.45) is 0 Å². The van der Waals surface area contributed by atoms with Gasteiger partial charge in [0.1, 0.15) is 5.82 Å². The molecule has 2 heterocycles. The van der Waals surface area contributed by atoms with E-state index in [-0.39, 0.29) is 5.82 Å². The molecule has 0 saturated carbocycles. The first-order chi connectivity index (χ1) is 15.0. The van der Waals surface area contributed by atoms with Crippen molar-refractivity contribution in [1.29, 1.82) is 0 Å². The Hall–Kier alpha value is -3.52. The minimum absolute atomic E-state index is 0.257. The maximum atomic E-state index is 13.4. The largest absolute Gasteiger partial charge is 0.329 e. The lowest BCUT2D eigenvalue weighted by Crippen LogP contribution is -2.20. The highest BCUT2D eigenvalue weighted by Crippen LogP contribution is 2.21. The Morgan fingerprint density at radius 1 is 0.935 bits per heavy atom. The number of hydrogen-bond donors (Lipinski definition) is 2. The number of hydrogen-bond acceptors (Lipinski definition) is 3. The summed E-state index contributed by atoms with van der Waals surface area (Å²) in [5.74, 6) is 0.354. The molecule has 0 unspecified atom stereocenters. The van der Waals surface area contributed by atoms with Crippen LogP contribution in [0, 0.1) is 19.7 Å². The smallest absolute Gasteiger partial charge is 0.176 e. The molecule has 0 aliphatic rings. The zero-order valence-corrected chi connectivity index (χ0v) is 18.2. The lowest BCUT2D eigenvalue weighted by molar-refractivity contribution is 0.619. The topological polar surface area (TPSA) is 59.7 Å². The number of nitrogens with one attached hydrogen (secondary N) is 2. The summed E-state index contributed by atoms with van der Waals surface area (Å²) in [6.07, 6.45) is 1.82. The standard InChI is InChI=1S/C23H23FN6S/c1-16-22(17(2)30(27-16)15-18-7-4-3-5-8-18)26-23(31)25-21-11-12-29(28-21)14-19-9-6-10-20(24)13-19/h3-13H,14-15H2,1-2H3,(H2,25,26,28,31). The van der Waals surface area contributed by atoms with E-state index in [4.69, 9.17) is 12.2 Å². The van der Waals surface area contributed by atoms with Gasteiger partial charge >= 0.3 is 0 Å². The van der Waals surface area contributed by atoms with E-state index in [1.54, 1.807) is 10.7 Å². The first kappa shape index (κ1) is 20.7. The summed E-state index contributed by atoms with van der Waals surface area (Å²) in [6, 6.07) is 18.5. The van der Waals surface area contributed by atoms with Gasteiger partial charge in [-0.05, 0) is 49.3 Å². The molecule has 4 rings (SSSR count). The van der Waals surface area contributed by atoms with E-state index in [9.17, 15) is 4.39 Å². The van der Waals surface area contributed by atoms with Gasteiger partial charge in [-0.25, -0.2) is 4.39 Å². The molecule has 8 heteroatoms. The quantitative estimate of drug-likeness (QED) is 0.429. The Kier molecular flexibility index (Phi) is 6.08. The van der Waals surface area contributed by atoms with Gasteiger partial charge in [-0.1, -0.05) is 42.5 Å². The van der Waals surface area contributed by atoms with E-state index >= 15 is 0 Å². The minimum atomic E-state index is -0.257. The van der Waals surface area contributed by atoms with Crippen LogP contribution in [0.5, 0.6) is 0 Å². The number of aromatic nitrogens is 4. The van der Waals surface area contributed by atoms with Crippen molar-refractivity contribution < 1.29 is 4.39 Å². The second kappa shape index (κ2) is 9.09. The molecular weight excluding hydrogens is 411 g/mol. The number of aryl methyl sites for hydroxylation is 1. The molecule has 0 radical (unpaired) electrons. The molecule has 0 amide bonds. The van der Waals surface area contributed by atoms with Crippen LogP contribution in [0.1, 0.15) is 22.5 Å². The average molecular weight is 435 g/mol. The third-order valence-electron chi connectivity index (χ3n) is 4.91. The fourth-order valence-corrected chi connectivity index (χ4v) is 3.59. The fraction of sp³-hybridized carbons (Fsp3) is 0.174. The third-order valence-corrected chi connectivity index (χ3v) is 5.12. The molecule has 31 heavy (non-hydrogen) atoms. The van der Waals surface area contributed by atoms with Gasteiger partial charge in [0, 0.05) is 12.3 Å². The zero-order valence-electron chi connectivity index (χ0n) is 17.3. The molecule has 4 aromatic rings.